The van der Waals surface area contributed by atoms with Gasteiger partial charge in [0.2, 0.25) is 0 Å². The summed E-state index contributed by atoms with van der Waals surface area (Å²) in [6.07, 6.45) is 1.88. The number of alkyl halides is 2. The molecule has 198 valence electrons. The minimum absolute atomic E-state index is 0.0148. The van der Waals surface area contributed by atoms with Crippen molar-refractivity contribution in [3.63, 3.8) is 0 Å². The largest absolute Gasteiger partial charge is 0.434 e. The van der Waals surface area contributed by atoms with E-state index in [2.05, 4.69) is 10.1 Å². The average Bonchev–Trinajstić information content (AvgIpc) is 3.56. The Morgan fingerprint density at radius 2 is 1.85 bits per heavy atom. The molecule has 2 bridgehead atoms. The van der Waals surface area contributed by atoms with Crippen molar-refractivity contribution >= 4 is 23.5 Å². The number of rotatable bonds is 4. The Hall–Kier alpha value is -3.98. The van der Waals surface area contributed by atoms with Gasteiger partial charge in [0.25, 0.3) is 0 Å². The van der Waals surface area contributed by atoms with Crippen LogP contribution in [0.1, 0.15) is 29.9 Å². The first kappa shape index (κ1) is 24.1. The van der Waals surface area contributed by atoms with Gasteiger partial charge in [0.15, 0.2) is 17.5 Å². The summed E-state index contributed by atoms with van der Waals surface area (Å²) in [5.41, 5.74) is 2.78. The maximum absolute atomic E-state index is 15.2. The minimum atomic E-state index is -3.03. The van der Waals surface area contributed by atoms with Crippen LogP contribution in [0, 0.1) is 11.6 Å². The van der Waals surface area contributed by atoms with E-state index < -0.39 is 31.4 Å². The maximum atomic E-state index is 15.2. The molecule has 0 unspecified atom stereocenters. The number of fused-ring (bicyclic) bond motifs is 6. The van der Waals surface area contributed by atoms with Gasteiger partial charge in [-0.2, -0.15) is 13.9 Å². The lowest BCUT2D eigenvalue weighted by Crippen LogP contribution is -2.14. The highest BCUT2D eigenvalue weighted by Crippen LogP contribution is 2.51. The van der Waals surface area contributed by atoms with E-state index in [0.29, 0.717) is 45.8 Å². The molecule has 0 amide bonds. The van der Waals surface area contributed by atoms with Crippen LogP contribution in [0.4, 0.5) is 17.6 Å². The Morgan fingerprint density at radius 3 is 2.62 bits per heavy atom. The van der Waals surface area contributed by atoms with Crippen molar-refractivity contribution in [3.8, 4) is 28.3 Å². The van der Waals surface area contributed by atoms with Crippen molar-refractivity contribution in [3.05, 3.63) is 77.9 Å². The molecule has 0 fully saturated rings. The molecule has 2 aliphatic rings. The fraction of sp³-hybridized carbons (Fsp3) is 0.222. The number of hydrogen-bond donors (Lipinski definition) is 0. The number of aromatic nitrogens is 5. The minimum Gasteiger partial charge on any atom is -0.434 e. The quantitative estimate of drug-likeness (QED) is 0.202. The topological polar surface area (TPSA) is 74.8 Å². The number of ether oxygens (including phenoxy) is 1. The standard InChI is InChI=1S/C27H20F4N5O2P/c1-39(2,37)21-9-7-14(23(28)24(21)29)13-6-8-16-17(10-13)35-18-11-19(26(35)34-16)36-25(32-12-33-36)15-4-3-5-20(22(15)18)38-27(30)31/h3-10,12,18-19,27H,11H2,1-2H3/t18-,19-/m0/s1. The summed E-state index contributed by atoms with van der Waals surface area (Å²) in [4.78, 5) is 9.22. The Balaban J connectivity index is 1.46. The van der Waals surface area contributed by atoms with Crippen LogP contribution in [0.25, 0.3) is 33.5 Å². The van der Waals surface area contributed by atoms with Gasteiger partial charge in [0.05, 0.1) is 22.4 Å². The first-order valence-electron chi connectivity index (χ1n) is 12.2. The Labute approximate surface area is 219 Å². The van der Waals surface area contributed by atoms with E-state index in [4.69, 9.17) is 9.72 Å². The van der Waals surface area contributed by atoms with Gasteiger partial charge in [-0.15, -0.1) is 0 Å². The summed E-state index contributed by atoms with van der Waals surface area (Å²) < 4.78 is 78.0. The first-order chi connectivity index (χ1) is 18.6. The molecule has 0 radical (unpaired) electrons. The lowest BCUT2D eigenvalue weighted by molar-refractivity contribution is -0.0506. The number of benzene rings is 3. The molecule has 7 nitrogen and oxygen atoms in total. The van der Waals surface area contributed by atoms with Crippen molar-refractivity contribution in [2.45, 2.75) is 25.1 Å². The third-order valence-electron chi connectivity index (χ3n) is 7.45. The number of nitrogens with zero attached hydrogens (tertiary/aromatic N) is 5. The van der Waals surface area contributed by atoms with Crippen molar-refractivity contribution in [2.24, 2.45) is 0 Å². The molecule has 3 aromatic carbocycles. The molecule has 39 heavy (non-hydrogen) atoms. The predicted octanol–water partition coefficient (Wildman–Crippen LogP) is 5.99. The smallest absolute Gasteiger partial charge is 0.387 e. The molecule has 5 aromatic rings. The molecule has 0 N–H and O–H groups in total. The fourth-order valence-corrected chi connectivity index (χ4v) is 6.86. The van der Waals surface area contributed by atoms with E-state index in [0.717, 1.165) is 0 Å². The summed E-state index contributed by atoms with van der Waals surface area (Å²) in [5.74, 6) is -1.01. The van der Waals surface area contributed by atoms with Gasteiger partial charge in [-0.05, 0) is 43.2 Å². The Bertz CT molecular complexity index is 1860. The van der Waals surface area contributed by atoms with E-state index in [1.165, 1.54) is 37.9 Å². The van der Waals surface area contributed by atoms with Crippen LogP contribution in [-0.2, 0) is 4.57 Å². The second-order valence-corrected chi connectivity index (χ2v) is 13.2. The third kappa shape index (κ3) is 3.49. The zero-order valence-corrected chi connectivity index (χ0v) is 21.5. The normalized spacial score (nSPS) is 17.7. The van der Waals surface area contributed by atoms with Crippen molar-refractivity contribution in [1.29, 1.82) is 0 Å². The summed E-state index contributed by atoms with van der Waals surface area (Å²) in [6, 6.07) is 12.0. The number of imidazole rings is 1. The van der Waals surface area contributed by atoms with Crippen LogP contribution in [0.5, 0.6) is 5.75 Å². The van der Waals surface area contributed by atoms with Gasteiger partial charge in [-0.25, -0.2) is 23.4 Å². The van der Waals surface area contributed by atoms with E-state index in [1.807, 2.05) is 4.57 Å². The Kier molecular flexibility index (Phi) is 5.10. The van der Waals surface area contributed by atoms with Gasteiger partial charge in [0, 0.05) is 23.1 Å². The summed E-state index contributed by atoms with van der Waals surface area (Å²) >= 11 is 0. The molecule has 2 aliphatic heterocycles. The van der Waals surface area contributed by atoms with Crippen molar-refractivity contribution in [2.75, 3.05) is 13.3 Å². The molecule has 0 aliphatic carbocycles. The van der Waals surface area contributed by atoms with Crippen LogP contribution in [-0.4, -0.2) is 44.3 Å². The molecule has 7 rings (SSSR count). The third-order valence-corrected chi connectivity index (χ3v) is 8.96. The lowest BCUT2D eigenvalue weighted by Gasteiger charge is -2.21. The van der Waals surface area contributed by atoms with Crippen LogP contribution in [0.2, 0.25) is 0 Å². The second-order valence-electron chi connectivity index (χ2n) is 10.0. The van der Waals surface area contributed by atoms with E-state index in [1.54, 1.807) is 35.0 Å². The molecular formula is C27H20F4N5O2P. The SMILES string of the molecule is CP(C)(=O)c1ccc(-c2ccc3nc4n(c3c2)[C@H]2C[C@@H]4n3ncnc3-c3cccc(OC(F)F)c32)c(F)c1F. The van der Waals surface area contributed by atoms with Gasteiger partial charge < -0.3 is 13.9 Å². The zero-order chi connectivity index (χ0) is 27.2. The summed E-state index contributed by atoms with van der Waals surface area (Å²) in [5, 5.41) is 4.27. The van der Waals surface area contributed by atoms with Crippen LogP contribution < -0.4 is 10.0 Å². The lowest BCUT2D eigenvalue weighted by atomic mass is 9.97. The van der Waals surface area contributed by atoms with Gasteiger partial charge in [0.1, 0.15) is 31.1 Å². The second kappa shape index (κ2) is 8.26. The molecule has 2 atom stereocenters. The highest BCUT2D eigenvalue weighted by molar-refractivity contribution is 7.70. The van der Waals surface area contributed by atoms with Gasteiger partial charge >= 0.3 is 6.61 Å². The van der Waals surface area contributed by atoms with E-state index in [-0.39, 0.29) is 22.7 Å². The Morgan fingerprint density at radius 1 is 1.03 bits per heavy atom. The van der Waals surface area contributed by atoms with Gasteiger partial charge in [-0.1, -0.05) is 24.3 Å². The predicted molar refractivity (Wildman–Crippen MR) is 137 cm³/mol. The van der Waals surface area contributed by atoms with Crippen LogP contribution in [0.3, 0.4) is 0 Å². The van der Waals surface area contributed by atoms with E-state index in [9.17, 15) is 17.7 Å². The molecular weight excluding hydrogens is 533 g/mol. The van der Waals surface area contributed by atoms with Crippen molar-refractivity contribution < 1.29 is 26.9 Å². The zero-order valence-electron chi connectivity index (χ0n) is 20.6. The molecule has 0 saturated heterocycles. The highest BCUT2D eigenvalue weighted by atomic mass is 31.2. The first-order valence-corrected chi connectivity index (χ1v) is 14.8. The molecule has 12 heteroatoms. The average molecular weight is 553 g/mol. The molecule has 0 saturated carbocycles. The number of halogens is 4. The van der Waals surface area contributed by atoms with Crippen LogP contribution in [0.15, 0.2) is 54.9 Å². The van der Waals surface area contributed by atoms with Gasteiger partial charge in [-0.3, -0.25) is 0 Å². The number of hydrogen-bond acceptors (Lipinski definition) is 5. The monoisotopic (exact) mass is 553 g/mol. The molecule has 4 heterocycles. The molecule has 0 spiro atoms. The maximum Gasteiger partial charge on any atom is 0.387 e. The van der Waals surface area contributed by atoms with E-state index >= 15 is 4.39 Å². The van der Waals surface area contributed by atoms with Crippen molar-refractivity contribution in [1.82, 2.24) is 24.3 Å². The fourth-order valence-electron chi connectivity index (χ4n) is 5.85. The molecule has 2 aromatic heterocycles. The highest BCUT2D eigenvalue weighted by Gasteiger charge is 2.43. The summed E-state index contributed by atoms with van der Waals surface area (Å²) in [6.45, 7) is -0.253. The van der Waals surface area contributed by atoms with Crippen LogP contribution >= 0.6 is 7.14 Å². The summed E-state index contributed by atoms with van der Waals surface area (Å²) in [7, 11) is -3.03.